The first-order valence-corrected chi connectivity index (χ1v) is 7.52. The van der Waals surface area contributed by atoms with E-state index in [2.05, 4.69) is 21.5 Å². The summed E-state index contributed by atoms with van der Waals surface area (Å²) in [5, 5.41) is 8.47. The molecule has 0 saturated heterocycles. The maximum absolute atomic E-state index is 5.96. The van der Waals surface area contributed by atoms with Crippen LogP contribution in [0.5, 0.6) is 0 Å². The summed E-state index contributed by atoms with van der Waals surface area (Å²) in [5.74, 6) is 0.553. The minimum Gasteiger partial charge on any atom is -0.323 e. The van der Waals surface area contributed by atoms with E-state index in [9.17, 15) is 0 Å². The first-order valence-electron chi connectivity index (χ1n) is 7.14. The predicted octanol–water partition coefficient (Wildman–Crippen LogP) is 4.59. The van der Waals surface area contributed by atoms with Gasteiger partial charge in [-0.2, -0.15) is 4.98 Å². The summed E-state index contributed by atoms with van der Waals surface area (Å²) in [7, 11) is 0. The number of aromatic nitrogens is 3. The Labute approximate surface area is 138 Å². The third kappa shape index (κ3) is 2.76. The Kier molecular flexibility index (Phi) is 3.44. The quantitative estimate of drug-likeness (QED) is 0.600. The molecule has 0 fully saturated rings. The Morgan fingerprint density at radius 2 is 1.74 bits per heavy atom. The average molecular weight is 320 g/mol. The number of halogens is 1. The van der Waals surface area contributed by atoms with Crippen LogP contribution >= 0.6 is 11.6 Å². The van der Waals surface area contributed by atoms with Crippen LogP contribution in [0.3, 0.4) is 0 Å². The molecular formula is C18H12ClN4. The van der Waals surface area contributed by atoms with Crippen LogP contribution < -0.4 is 5.32 Å². The first-order chi connectivity index (χ1) is 11.3. The molecule has 0 aliphatic rings. The minimum absolute atomic E-state index is 0.553. The topological polar surface area (TPSA) is 42.2 Å². The van der Waals surface area contributed by atoms with Crippen molar-refractivity contribution in [2.45, 2.75) is 0 Å². The van der Waals surface area contributed by atoms with Crippen LogP contribution in [0.1, 0.15) is 0 Å². The molecule has 1 N–H and O–H groups in total. The van der Waals surface area contributed by atoms with Gasteiger partial charge in [-0.25, -0.2) is 4.52 Å². The smallest absolute Gasteiger partial charge is 0.247 e. The molecule has 0 amide bonds. The lowest BCUT2D eigenvalue weighted by molar-refractivity contribution is 0.973. The summed E-state index contributed by atoms with van der Waals surface area (Å²) in [4.78, 5) is 4.52. The summed E-state index contributed by atoms with van der Waals surface area (Å²) >= 11 is 5.96. The number of pyridine rings is 1. The summed E-state index contributed by atoms with van der Waals surface area (Å²) in [5.41, 5.74) is 3.70. The largest absolute Gasteiger partial charge is 0.323 e. The maximum atomic E-state index is 5.96. The summed E-state index contributed by atoms with van der Waals surface area (Å²) < 4.78 is 1.82. The normalized spacial score (nSPS) is 10.8. The highest BCUT2D eigenvalue weighted by atomic mass is 35.5. The number of benzene rings is 2. The van der Waals surface area contributed by atoms with E-state index in [0.29, 0.717) is 11.0 Å². The Morgan fingerprint density at radius 1 is 0.957 bits per heavy atom. The molecule has 0 saturated carbocycles. The monoisotopic (exact) mass is 319 g/mol. The standard InChI is InChI=1S/C18H12ClN4/c19-14-11-9-13(10-12-14)16-7-4-8-17-21-18(22-23(16)17)20-15-5-2-1-3-6-15/h2-12H,(H,20,22). The lowest BCUT2D eigenvalue weighted by atomic mass is 10.1. The van der Waals surface area contributed by atoms with Gasteiger partial charge in [0.05, 0.1) is 5.69 Å². The van der Waals surface area contributed by atoms with Crippen molar-refractivity contribution in [3.63, 3.8) is 0 Å². The fourth-order valence-corrected chi connectivity index (χ4v) is 2.52. The van der Waals surface area contributed by atoms with Crippen LogP contribution in [0.4, 0.5) is 11.6 Å². The van der Waals surface area contributed by atoms with Crippen molar-refractivity contribution in [1.82, 2.24) is 14.6 Å². The molecule has 0 unspecified atom stereocenters. The molecular weight excluding hydrogens is 308 g/mol. The Balaban J connectivity index is 1.77. The maximum Gasteiger partial charge on any atom is 0.247 e. The number of rotatable bonds is 3. The lowest BCUT2D eigenvalue weighted by Gasteiger charge is -2.04. The number of nitrogens with one attached hydrogen (secondary N) is 1. The molecule has 4 rings (SSSR count). The zero-order chi connectivity index (χ0) is 15.6. The molecule has 0 spiro atoms. The van der Waals surface area contributed by atoms with Crippen LogP contribution in [-0.4, -0.2) is 14.6 Å². The number of nitrogens with zero attached hydrogens (tertiary/aromatic N) is 3. The number of fused-ring (bicyclic) bond motifs is 1. The van der Waals surface area contributed by atoms with E-state index in [0.717, 1.165) is 22.6 Å². The minimum atomic E-state index is 0.553. The molecule has 0 aliphatic carbocycles. The number of hydrogen-bond acceptors (Lipinski definition) is 3. The van der Waals surface area contributed by atoms with E-state index in [1.54, 1.807) is 0 Å². The van der Waals surface area contributed by atoms with Crippen LogP contribution in [0.2, 0.25) is 5.02 Å². The average Bonchev–Trinajstić information content (AvgIpc) is 2.99. The summed E-state index contributed by atoms with van der Waals surface area (Å²) in [6.07, 6.45) is 0. The molecule has 5 heteroatoms. The molecule has 2 heterocycles. The van der Waals surface area contributed by atoms with Crippen molar-refractivity contribution < 1.29 is 0 Å². The van der Waals surface area contributed by atoms with Crippen LogP contribution in [0.25, 0.3) is 16.9 Å². The molecule has 0 aliphatic heterocycles. The second kappa shape index (κ2) is 5.74. The van der Waals surface area contributed by atoms with Crippen molar-refractivity contribution in [2.24, 2.45) is 0 Å². The van der Waals surface area contributed by atoms with Gasteiger partial charge in [-0.05, 0) is 42.5 Å². The third-order valence-electron chi connectivity index (χ3n) is 3.47. The van der Waals surface area contributed by atoms with Crippen molar-refractivity contribution in [1.29, 1.82) is 0 Å². The van der Waals surface area contributed by atoms with Gasteiger partial charge >= 0.3 is 0 Å². The summed E-state index contributed by atoms with van der Waals surface area (Å²) in [6, 6.07) is 24.1. The van der Waals surface area contributed by atoms with Gasteiger partial charge in [-0.15, -0.1) is 5.10 Å². The van der Waals surface area contributed by atoms with E-state index < -0.39 is 0 Å². The second-order valence-corrected chi connectivity index (χ2v) is 5.47. The van der Waals surface area contributed by atoms with E-state index in [4.69, 9.17) is 11.6 Å². The molecule has 2 aromatic carbocycles. The Morgan fingerprint density at radius 3 is 2.52 bits per heavy atom. The van der Waals surface area contributed by atoms with Crippen LogP contribution in [-0.2, 0) is 0 Å². The summed E-state index contributed by atoms with van der Waals surface area (Å²) in [6.45, 7) is 0. The molecule has 2 aromatic heterocycles. The van der Waals surface area contributed by atoms with Crippen molar-refractivity contribution >= 4 is 28.9 Å². The molecule has 0 bridgehead atoms. The molecule has 1 radical (unpaired) electrons. The fraction of sp³-hybridized carbons (Fsp3) is 0. The zero-order valence-electron chi connectivity index (χ0n) is 12.1. The number of anilines is 2. The van der Waals surface area contributed by atoms with Crippen LogP contribution in [0.15, 0.2) is 66.7 Å². The van der Waals surface area contributed by atoms with E-state index in [1.165, 1.54) is 0 Å². The van der Waals surface area contributed by atoms with E-state index in [-0.39, 0.29) is 0 Å². The van der Waals surface area contributed by atoms with Crippen molar-refractivity contribution in [2.75, 3.05) is 5.32 Å². The van der Waals surface area contributed by atoms with Crippen molar-refractivity contribution in [3.05, 3.63) is 77.8 Å². The van der Waals surface area contributed by atoms with Crippen molar-refractivity contribution in [3.8, 4) is 11.3 Å². The molecule has 4 nitrogen and oxygen atoms in total. The molecule has 23 heavy (non-hydrogen) atoms. The van der Waals surface area contributed by atoms with E-state index >= 15 is 0 Å². The highest BCUT2D eigenvalue weighted by molar-refractivity contribution is 6.30. The zero-order valence-corrected chi connectivity index (χ0v) is 12.8. The Bertz CT molecular complexity index is 946. The van der Waals surface area contributed by atoms with Gasteiger partial charge in [0.15, 0.2) is 5.65 Å². The molecule has 0 atom stereocenters. The number of hydrogen-bond donors (Lipinski definition) is 1. The molecule has 111 valence electrons. The van der Waals surface area contributed by atoms with E-state index in [1.807, 2.05) is 71.2 Å². The highest BCUT2D eigenvalue weighted by Crippen LogP contribution is 2.23. The Hall–Kier alpha value is -2.85. The van der Waals surface area contributed by atoms with Gasteiger partial charge in [0, 0.05) is 16.3 Å². The third-order valence-corrected chi connectivity index (χ3v) is 3.73. The lowest BCUT2D eigenvalue weighted by Crippen LogP contribution is -1.95. The second-order valence-electron chi connectivity index (χ2n) is 5.04. The van der Waals surface area contributed by atoms with Gasteiger partial charge in [0.25, 0.3) is 0 Å². The predicted molar refractivity (Wildman–Crippen MR) is 92.0 cm³/mol. The fourth-order valence-electron chi connectivity index (χ4n) is 2.40. The van der Waals surface area contributed by atoms with Crippen LogP contribution in [0, 0.1) is 6.07 Å². The first kappa shape index (κ1) is 13.8. The molecule has 4 aromatic rings. The van der Waals surface area contributed by atoms with Gasteiger partial charge in [-0.1, -0.05) is 41.9 Å². The van der Waals surface area contributed by atoms with Gasteiger partial charge in [0.1, 0.15) is 0 Å². The van der Waals surface area contributed by atoms with Gasteiger partial charge in [-0.3, -0.25) is 0 Å². The highest BCUT2D eigenvalue weighted by Gasteiger charge is 2.09. The van der Waals surface area contributed by atoms with Gasteiger partial charge < -0.3 is 5.32 Å². The van der Waals surface area contributed by atoms with Gasteiger partial charge in [0.2, 0.25) is 5.95 Å². The SMILES string of the molecule is Clc1ccc(-c2cccc3nc(Nc4cc[c]cc4)nn23)cc1.